The number of hydrogen-bond donors (Lipinski definition) is 0. The zero-order chi connectivity index (χ0) is 21.3. The summed E-state index contributed by atoms with van der Waals surface area (Å²) in [4.78, 5) is 17.6. The van der Waals surface area contributed by atoms with E-state index in [-0.39, 0.29) is 5.78 Å². The minimum absolute atomic E-state index is 0.177. The average Bonchev–Trinajstić information content (AvgIpc) is 3.07. The third-order valence-corrected chi connectivity index (χ3v) is 6.01. The number of carbonyl (C=O) groups excluding carboxylic acids is 1. The number of fused-ring (bicyclic) bond motifs is 1. The van der Waals surface area contributed by atoms with Crippen LogP contribution in [0.3, 0.4) is 0 Å². The van der Waals surface area contributed by atoms with Crippen molar-refractivity contribution in [1.29, 1.82) is 0 Å². The Morgan fingerprint density at radius 2 is 1.68 bits per heavy atom. The van der Waals surface area contributed by atoms with Gasteiger partial charge >= 0.3 is 0 Å². The predicted octanol–water partition coefficient (Wildman–Crippen LogP) is 4.93. The maximum atomic E-state index is 12.5. The number of ether oxygens (including phenoxy) is 2. The summed E-state index contributed by atoms with van der Waals surface area (Å²) >= 11 is 0. The largest absolute Gasteiger partial charge is 0.485 e. The van der Waals surface area contributed by atoms with Crippen LogP contribution in [0.25, 0.3) is 0 Å². The molecule has 164 valence electrons. The Hall–Kier alpha value is -2.79. The van der Waals surface area contributed by atoms with Gasteiger partial charge in [-0.1, -0.05) is 31.0 Å². The summed E-state index contributed by atoms with van der Waals surface area (Å²) in [6.45, 7) is 6.11. The number of hydrogen-bond acceptors (Lipinski definition) is 5. The normalized spacial score (nSPS) is 16.2. The Bertz CT molecular complexity index is 873. The van der Waals surface area contributed by atoms with Crippen molar-refractivity contribution in [3.63, 3.8) is 0 Å². The standard InChI is InChI=1S/C26H32N2O3/c29-24(22-12-13-25-26(21-22)31-20-8-19-30-25)11-6-1-2-7-14-27-15-17-28(18-16-27)23-9-4-3-5-10-23/h3-5,8-10,12-13,20-21H,1-2,6-7,11,14-19H2. The summed E-state index contributed by atoms with van der Waals surface area (Å²) in [7, 11) is 0. The van der Waals surface area contributed by atoms with Crippen molar-refractivity contribution in [3.8, 4) is 11.5 Å². The molecule has 0 saturated carbocycles. The first-order valence-corrected chi connectivity index (χ1v) is 11.4. The minimum Gasteiger partial charge on any atom is -0.485 e. The zero-order valence-corrected chi connectivity index (χ0v) is 18.2. The van der Waals surface area contributed by atoms with E-state index in [1.807, 2.05) is 18.2 Å². The van der Waals surface area contributed by atoms with Crippen LogP contribution in [0.4, 0.5) is 5.69 Å². The third kappa shape index (κ3) is 6.11. The van der Waals surface area contributed by atoms with Crippen LogP contribution in [0.5, 0.6) is 11.5 Å². The maximum absolute atomic E-state index is 12.5. The van der Waals surface area contributed by atoms with Crippen LogP contribution in [0.1, 0.15) is 42.5 Å². The van der Waals surface area contributed by atoms with E-state index in [0.29, 0.717) is 30.1 Å². The molecule has 0 aromatic heterocycles. The number of piperazine rings is 1. The van der Waals surface area contributed by atoms with Gasteiger partial charge in [0.05, 0.1) is 6.26 Å². The molecule has 1 fully saturated rings. The molecule has 2 aromatic rings. The fourth-order valence-corrected chi connectivity index (χ4v) is 4.18. The molecule has 0 spiro atoms. The topological polar surface area (TPSA) is 42.0 Å². The number of unbranched alkanes of at least 4 members (excludes halogenated alkanes) is 3. The van der Waals surface area contributed by atoms with Crippen LogP contribution in [0.15, 0.2) is 60.9 Å². The number of anilines is 1. The van der Waals surface area contributed by atoms with Crippen molar-refractivity contribution in [2.45, 2.75) is 32.1 Å². The lowest BCUT2D eigenvalue weighted by Gasteiger charge is -2.36. The van der Waals surface area contributed by atoms with Crippen LogP contribution in [0, 0.1) is 0 Å². The van der Waals surface area contributed by atoms with Crippen LogP contribution in [-0.4, -0.2) is 50.0 Å². The molecule has 0 atom stereocenters. The summed E-state index contributed by atoms with van der Waals surface area (Å²) in [5.74, 6) is 1.48. The predicted molar refractivity (Wildman–Crippen MR) is 124 cm³/mol. The number of rotatable bonds is 9. The number of para-hydroxylation sites is 1. The maximum Gasteiger partial charge on any atom is 0.169 e. The first kappa shape index (κ1) is 21.4. The molecule has 0 bridgehead atoms. The molecule has 2 aliphatic rings. The molecule has 5 nitrogen and oxygen atoms in total. The summed E-state index contributed by atoms with van der Waals surface area (Å²) in [5, 5.41) is 0. The Morgan fingerprint density at radius 3 is 2.52 bits per heavy atom. The number of benzene rings is 2. The van der Waals surface area contributed by atoms with E-state index in [4.69, 9.17) is 9.47 Å². The second-order valence-corrected chi connectivity index (χ2v) is 8.21. The zero-order valence-electron chi connectivity index (χ0n) is 18.2. The Labute approximate surface area is 185 Å². The van der Waals surface area contributed by atoms with Gasteiger partial charge in [-0.2, -0.15) is 0 Å². The second-order valence-electron chi connectivity index (χ2n) is 8.21. The summed E-state index contributed by atoms with van der Waals surface area (Å²) in [6, 6.07) is 16.1. The molecule has 2 aromatic carbocycles. The molecule has 0 radical (unpaired) electrons. The first-order valence-electron chi connectivity index (χ1n) is 11.4. The first-order chi connectivity index (χ1) is 15.3. The van der Waals surface area contributed by atoms with Gasteiger partial charge in [0.2, 0.25) is 0 Å². The van der Waals surface area contributed by atoms with Gasteiger partial charge in [0.25, 0.3) is 0 Å². The average molecular weight is 421 g/mol. The smallest absolute Gasteiger partial charge is 0.169 e. The Balaban J connectivity index is 1.10. The minimum atomic E-state index is 0.177. The molecule has 4 rings (SSSR count). The summed E-state index contributed by atoms with van der Waals surface area (Å²) in [6.07, 6.45) is 8.43. The lowest BCUT2D eigenvalue weighted by Crippen LogP contribution is -2.46. The molecule has 2 aliphatic heterocycles. The van der Waals surface area contributed by atoms with Gasteiger partial charge in [-0.05, 0) is 55.8 Å². The van der Waals surface area contributed by atoms with E-state index < -0.39 is 0 Å². The van der Waals surface area contributed by atoms with E-state index >= 15 is 0 Å². The number of carbonyl (C=O) groups is 1. The number of Topliss-reactive ketones (excluding diaryl/α,β-unsaturated/α-hetero) is 1. The van der Waals surface area contributed by atoms with Crippen molar-refractivity contribution in [3.05, 3.63) is 66.4 Å². The van der Waals surface area contributed by atoms with E-state index in [9.17, 15) is 4.79 Å². The van der Waals surface area contributed by atoms with Crippen molar-refractivity contribution in [1.82, 2.24) is 4.90 Å². The molecule has 1 saturated heterocycles. The molecule has 31 heavy (non-hydrogen) atoms. The van der Waals surface area contributed by atoms with Gasteiger partial charge < -0.3 is 14.4 Å². The van der Waals surface area contributed by atoms with Crippen LogP contribution < -0.4 is 14.4 Å². The quantitative estimate of drug-likeness (QED) is 0.425. The Kier molecular flexibility index (Phi) is 7.61. The molecule has 2 heterocycles. The van der Waals surface area contributed by atoms with Gasteiger partial charge in [-0.15, -0.1) is 0 Å². The Morgan fingerprint density at radius 1 is 0.871 bits per heavy atom. The van der Waals surface area contributed by atoms with Crippen molar-refractivity contribution < 1.29 is 14.3 Å². The number of ketones is 1. The molecule has 0 unspecified atom stereocenters. The third-order valence-electron chi connectivity index (χ3n) is 6.01. The fourth-order valence-electron chi connectivity index (χ4n) is 4.18. The van der Waals surface area contributed by atoms with Crippen LogP contribution >= 0.6 is 0 Å². The van der Waals surface area contributed by atoms with Gasteiger partial charge in [0.1, 0.15) is 6.61 Å². The van der Waals surface area contributed by atoms with E-state index in [1.165, 1.54) is 18.5 Å². The highest BCUT2D eigenvalue weighted by Gasteiger charge is 2.16. The molecule has 0 aliphatic carbocycles. The fraction of sp³-hybridized carbons (Fsp3) is 0.423. The highest BCUT2D eigenvalue weighted by Crippen LogP contribution is 2.30. The van der Waals surface area contributed by atoms with Gasteiger partial charge in [0.15, 0.2) is 17.3 Å². The van der Waals surface area contributed by atoms with Crippen LogP contribution in [-0.2, 0) is 0 Å². The molecule has 0 N–H and O–H groups in total. The lowest BCUT2D eigenvalue weighted by atomic mass is 10.0. The number of nitrogens with zero attached hydrogens (tertiary/aromatic N) is 2. The van der Waals surface area contributed by atoms with E-state index in [1.54, 1.807) is 12.3 Å². The van der Waals surface area contributed by atoms with Crippen molar-refractivity contribution >= 4 is 11.5 Å². The highest BCUT2D eigenvalue weighted by molar-refractivity contribution is 5.96. The van der Waals surface area contributed by atoms with Crippen molar-refractivity contribution in [2.75, 3.05) is 44.2 Å². The second kappa shape index (κ2) is 11.0. The van der Waals surface area contributed by atoms with E-state index in [0.717, 1.165) is 45.6 Å². The molecular formula is C26H32N2O3. The van der Waals surface area contributed by atoms with Gasteiger partial charge in [-0.25, -0.2) is 0 Å². The van der Waals surface area contributed by atoms with Crippen molar-refractivity contribution in [2.24, 2.45) is 0 Å². The highest BCUT2D eigenvalue weighted by atomic mass is 16.5. The molecule has 5 heteroatoms. The van der Waals surface area contributed by atoms with Crippen LogP contribution in [0.2, 0.25) is 0 Å². The monoisotopic (exact) mass is 420 g/mol. The molecule has 0 amide bonds. The summed E-state index contributed by atoms with van der Waals surface area (Å²) < 4.78 is 11.1. The van der Waals surface area contributed by atoms with Gasteiger partial charge in [-0.3, -0.25) is 9.69 Å². The SMILES string of the molecule is O=C(CCCCCCN1CCN(c2ccccc2)CC1)c1ccc2c(c1)OC=CCO2. The summed E-state index contributed by atoms with van der Waals surface area (Å²) in [5.41, 5.74) is 2.03. The molecular weight excluding hydrogens is 388 g/mol. The van der Waals surface area contributed by atoms with Gasteiger partial charge in [0, 0.05) is 43.9 Å². The lowest BCUT2D eigenvalue weighted by molar-refractivity contribution is 0.0978. The van der Waals surface area contributed by atoms with E-state index in [2.05, 4.69) is 40.1 Å².